The third-order valence-corrected chi connectivity index (χ3v) is 1.76. The van der Waals surface area contributed by atoms with Crippen molar-refractivity contribution >= 4 is 28.0 Å². The Balaban J connectivity index is 2.83. The molecule has 62 valence electrons. The highest BCUT2D eigenvalue weighted by atomic mass is 79.9. The van der Waals surface area contributed by atoms with E-state index in [1.165, 1.54) is 0 Å². The molecule has 3 heteroatoms. The van der Waals surface area contributed by atoms with Gasteiger partial charge in [-0.3, -0.25) is 0 Å². The average molecular weight is 227 g/mol. The van der Waals surface area contributed by atoms with Gasteiger partial charge in [0.1, 0.15) is 0 Å². The summed E-state index contributed by atoms with van der Waals surface area (Å²) >= 11 is 3.29. The molecule has 1 N–H and O–H groups in total. The lowest BCUT2D eigenvalue weighted by Gasteiger charge is -1.92. The van der Waals surface area contributed by atoms with Gasteiger partial charge in [-0.25, -0.2) is 4.79 Å². The van der Waals surface area contributed by atoms with Gasteiger partial charge >= 0.3 is 5.97 Å². The average Bonchev–Trinajstić information content (AvgIpc) is 2.01. The molecule has 0 aliphatic rings. The molecule has 0 fully saturated rings. The van der Waals surface area contributed by atoms with E-state index in [0.717, 1.165) is 16.1 Å². The molecule has 0 heterocycles. The van der Waals surface area contributed by atoms with Gasteiger partial charge in [0.15, 0.2) is 0 Å². The Labute approximate surface area is 78.7 Å². The molecule has 1 aromatic rings. The largest absolute Gasteiger partial charge is 0.478 e. The van der Waals surface area contributed by atoms with Crippen LogP contribution in [-0.2, 0) is 4.79 Å². The third-order valence-electron chi connectivity index (χ3n) is 1.27. The molecule has 1 aromatic carbocycles. The Morgan fingerprint density at radius 1 is 1.50 bits per heavy atom. The number of hydrogen-bond acceptors (Lipinski definition) is 1. The van der Waals surface area contributed by atoms with Gasteiger partial charge in [0.25, 0.3) is 0 Å². The smallest absolute Gasteiger partial charge is 0.328 e. The number of carbonyl (C=O) groups is 1. The molecule has 0 radical (unpaired) electrons. The monoisotopic (exact) mass is 226 g/mol. The number of carboxylic acid groups (broad SMARTS) is 1. The Kier molecular flexibility index (Phi) is 3.05. The summed E-state index contributed by atoms with van der Waals surface area (Å²) in [6.45, 7) is 0. The quantitative estimate of drug-likeness (QED) is 0.788. The van der Waals surface area contributed by atoms with Crippen LogP contribution in [0.25, 0.3) is 6.08 Å². The molecule has 0 unspecified atom stereocenters. The van der Waals surface area contributed by atoms with E-state index in [9.17, 15) is 4.79 Å². The zero-order valence-electron chi connectivity index (χ0n) is 6.20. The predicted octanol–water partition coefficient (Wildman–Crippen LogP) is 2.55. The van der Waals surface area contributed by atoms with Gasteiger partial charge in [0.05, 0.1) is 0 Å². The maximum Gasteiger partial charge on any atom is 0.328 e. The SMILES string of the molecule is O=C(O)C=Cc1cccc(Br)c1. The van der Waals surface area contributed by atoms with Crippen molar-refractivity contribution in [3.05, 3.63) is 40.4 Å². The first kappa shape index (κ1) is 9.00. The van der Waals surface area contributed by atoms with E-state index in [-0.39, 0.29) is 0 Å². The zero-order valence-corrected chi connectivity index (χ0v) is 7.78. The Hall–Kier alpha value is -1.09. The molecular weight excluding hydrogens is 220 g/mol. The van der Waals surface area contributed by atoms with Crippen LogP contribution < -0.4 is 0 Å². The number of carboxylic acids is 1. The number of hydrogen-bond donors (Lipinski definition) is 1. The standard InChI is InChI=1S/C9H7BrO2/c10-8-3-1-2-7(6-8)4-5-9(11)12/h1-6H,(H,11,12). The topological polar surface area (TPSA) is 37.3 Å². The van der Waals surface area contributed by atoms with E-state index < -0.39 is 5.97 Å². The molecule has 0 bridgehead atoms. The summed E-state index contributed by atoms with van der Waals surface area (Å²) in [5.74, 6) is -0.935. The number of aliphatic carboxylic acids is 1. The van der Waals surface area contributed by atoms with Crippen molar-refractivity contribution in [1.29, 1.82) is 0 Å². The van der Waals surface area contributed by atoms with Crippen molar-refractivity contribution in [2.24, 2.45) is 0 Å². The summed E-state index contributed by atoms with van der Waals surface area (Å²) < 4.78 is 0.940. The van der Waals surface area contributed by atoms with Gasteiger partial charge in [-0.1, -0.05) is 28.1 Å². The zero-order chi connectivity index (χ0) is 8.97. The Morgan fingerprint density at radius 3 is 2.83 bits per heavy atom. The molecule has 0 aliphatic carbocycles. The van der Waals surface area contributed by atoms with Gasteiger partial charge in [0.2, 0.25) is 0 Å². The number of benzene rings is 1. The van der Waals surface area contributed by atoms with Crippen molar-refractivity contribution in [3.63, 3.8) is 0 Å². The highest BCUT2D eigenvalue weighted by Crippen LogP contribution is 2.12. The lowest BCUT2D eigenvalue weighted by molar-refractivity contribution is -0.131. The van der Waals surface area contributed by atoms with Gasteiger partial charge in [-0.15, -0.1) is 0 Å². The molecule has 0 saturated carbocycles. The van der Waals surface area contributed by atoms with Crippen molar-refractivity contribution in [1.82, 2.24) is 0 Å². The van der Waals surface area contributed by atoms with E-state index in [0.29, 0.717) is 0 Å². The highest BCUT2D eigenvalue weighted by molar-refractivity contribution is 9.10. The summed E-state index contributed by atoms with van der Waals surface area (Å²) in [6, 6.07) is 7.42. The van der Waals surface area contributed by atoms with Crippen molar-refractivity contribution in [2.75, 3.05) is 0 Å². The second kappa shape index (κ2) is 4.07. The molecule has 0 atom stereocenters. The summed E-state index contributed by atoms with van der Waals surface area (Å²) in [5, 5.41) is 8.35. The molecule has 0 spiro atoms. The van der Waals surface area contributed by atoms with E-state index >= 15 is 0 Å². The molecule has 0 amide bonds. The Morgan fingerprint density at radius 2 is 2.25 bits per heavy atom. The first-order chi connectivity index (χ1) is 5.68. The fourth-order valence-corrected chi connectivity index (χ4v) is 1.19. The van der Waals surface area contributed by atoms with Crippen LogP contribution in [-0.4, -0.2) is 11.1 Å². The minimum absolute atomic E-state index is 0.867. The first-order valence-electron chi connectivity index (χ1n) is 3.35. The van der Waals surface area contributed by atoms with E-state index in [1.54, 1.807) is 6.08 Å². The molecule has 12 heavy (non-hydrogen) atoms. The van der Waals surface area contributed by atoms with Crippen molar-refractivity contribution < 1.29 is 9.90 Å². The van der Waals surface area contributed by atoms with Gasteiger partial charge in [-0.05, 0) is 23.8 Å². The fourth-order valence-electron chi connectivity index (χ4n) is 0.778. The maximum absolute atomic E-state index is 10.2. The normalized spacial score (nSPS) is 10.4. The lowest BCUT2D eigenvalue weighted by Crippen LogP contribution is -1.85. The predicted molar refractivity (Wildman–Crippen MR) is 50.8 cm³/mol. The molecule has 2 nitrogen and oxygen atoms in total. The molecule has 0 aromatic heterocycles. The first-order valence-corrected chi connectivity index (χ1v) is 4.14. The van der Waals surface area contributed by atoms with Gasteiger partial charge in [-0.2, -0.15) is 0 Å². The minimum atomic E-state index is -0.935. The van der Waals surface area contributed by atoms with Crippen LogP contribution >= 0.6 is 15.9 Å². The van der Waals surface area contributed by atoms with Crippen LogP contribution in [0.15, 0.2) is 34.8 Å². The maximum atomic E-state index is 10.2. The molecule has 1 rings (SSSR count). The lowest BCUT2D eigenvalue weighted by atomic mass is 10.2. The van der Waals surface area contributed by atoms with E-state index in [4.69, 9.17) is 5.11 Å². The van der Waals surface area contributed by atoms with Crippen LogP contribution in [0.2, 0.25) is 0 Å². The second-order valence-electron chi connectivity index (χ2n) is 2.23. The van der Waals surface area contributed by atoms with Crippen molar-refractivity contribution in [2.45, 2.75) is 0 Å². The number of halogens is 1. The van der Waals surface area contributed by atoms with Crippen LogP contribution in [0.5, 0.6) is 0 Å². The van der Waals surface area contributed by atoms with E-state index in [1.807, 2.05) is 24.3 Å². The fraction of sp³-hybridized carbons (Fsp3) is 0. The van der Waals surface area contributed by atoms with Crippen LogP contribution in [0.4, 0.5) is 0 Å². The second-order valence-corrected chi connectivity index (χ2v) is 3.14. The van der Waals surface area contributed by atoms with E-state index in [2.05, 4.69) is 15.9 Å². The summed E-state index contributed by atoms with van der Waals surface area (Å²) in [7, 11) is 0. The highest BCUT2D eigenvalue weighted by Gasteiger charge is 1.89. The van der Waals surface area contributed by atoms with Crippen LogP contribution in [0, 0.1) is 0 Å². The minimum Gasteiger partial charge on any atom is -0.478 e. The summed E-state index contributed by atoms with van der Waals surface area (Å²) in [6.07, 6.45) is 2.66. The van der Waals surface area contributed by atoms with Gasteiger partial charge < -0.3 is 5.11 Å². The molecule has 0 saturated heterocycles. The molecular formula is C9H7BrO2. The number of rotatable bonds is 2. The summed E-state index contributed by atoms with van der Waals surface area (Å²) in [4.78, 5) is 10.2. The van der Waals surface area contributed by atoms with Crippen molar-refractivity contribution in [3.8, 4) is 0 Å². The third kappa shape index (κ3) is 2.88. The van der Waals surface area contributed by atoms with Crippen LogP contribution in [0.1, 0.15) is 5.56 Å². The van der Waals surface area contributed by atoms with Gasteiger partial charge in [0, 0.05) is 10.5 Å². The molecule has 0 aliphatic heterocycles. The summed E-state index contributed by atoms with van der Waals surface area (Å²) in [5.41, 5.74) is 0.867. The van der Waals surface area contributed by atoms with Crippen LogP contribution in [0.3, 0.4) is 0 Å². The Bertz CT molecular complexity index is 318.